The minimum absolute atomic E-state index is 0.737. The van der Waals surface area contributed by atoms with Gasteiger partial charge in [0.15, 0.2) is 0 Å². The molecule has 1 aromatic carbocycles. The lowest BCUT2D eigenvalue weighted by Crippen LogP contribution is -2.25. The van der Waals surface area contributed by atoms with Gasteiger partial charge >= 0.3 is 0 Å². The Kier molecular flexibility index (Phi) is 2.65. The summed E-state index contributed by atoms with van der Waals surface area (Å²) >= 11 is 6.02. The van der Waals surface area contributed by atoms with Crippen molar-refractivity contribution >= 4 is 28.3 Å². The summed E-state index contributed by atoms with van der Waals surface area (Å²) in [5.41, 5.74) is 3.66. The van der Waals surface area contributed by atoms with Crippen molar-refractivity contribution in [2.75, 3.05) is 18.9 Å². The molecule has 0 saturated heterocycles. The van der Waals surface area contributed by atoms with E-state index in [4.69, 9.17) is 11.6 Å². The second kappa shape index (κ2) is 4.17. The number of rotatable bonds is 1. The first-order chi connectivity index (χ1) is 8.29. The Morgan fingerprint density at radius 1 is 1.35 bits per heavy atom. The number of aromatic nitrogens is 1. The Labute approximate surface area is 105 Å². The fraction of sp³-hybridized carbons (Fsp3) is 0.308. The summed E-state index contributed by atoms with van der Waals surface area (Å²) in [6.45, 7) is 1.91. The van der Waals surface area contributed by atoms with Crippen molar-refractivity contribution < 1.29 is 0 Å². The van der Waals surface area contributed by atoms with Gasteiger partial charge in [-0.1, -0.05) is 17.7 Å². The van der Waals surface area contributed by atoms with Crippen LogP contribution >= 0.6 is 11.6 Å². The van der Waals surface area contributed by atoms with Crippen LogP contribution in [0.1, 0.15) is 11.1 Å². The van der Waals surface area contributed by atoms with Crippen molar-refractivity contribution in [2.45, 2.75) is 13.0 Å². The van der Waals surface area contributed by atoms with Gasteiger partial charge in [-0.25, -0.2) is 4.98 Å². The lowest BCUT2D eigenvalue weighted by atomic mass is 9.97. The number of hydrogen-bond donors (Lipinski definition) is 2. The predicted molar refractivity (Wildman–Crippen MR) is 71.7 cm³/mol. The van der Waals surface area contributed by atoms with Crippen molar-refractivity contribution in [3.8, 4) is 0 Å². The Morgan fingerprint density at radius 2 is 2.24 bits per heavy atom. The van der Waals surface area contributed by atoms with Crippen molar-refractivity contribution in [3.05, 3.63) is 34.3 Å². The van der Waals surface area contributed by atoms with Gasteiger partial charge in [0.25, 0.3) is 0 Å². The number of fused-ring (bicyclic) bond motifs is 3. The minimum Gasteiger partial charge on any atom is -0.373 e. The third-order valence-corrected chi connectivity index (χ3v) is 3.49. The lowest BCUT2D eigenvalue weighted by molar-refractivity contribution is 0.646. The highest BCUT2D eigenvalue weighted by molar-refractivity contribution is 6.31. The van der Waals surface area contributed by atoms with Crippen LogP contribution in [-0.2, 0) is 13.0 Å². The molecule has 4 heteroatoms. The van der Waals surface area contributed by atoms with E-state index >= 15 is 0 Å². The molecule has 0 fully saturated rings. The van der Waals surface area contributed by atoms with E-state index in [0.717, 1.165) is 35.9 Å². The molecule has 0 saturated carbocycles. The minimum atomic E-state index is 0.737. The maximum absolute atomic E-state index is 6.02. The topological polar surface area (TPSA) is 37.0 Å². The first-order valence-corrected chi connectivity index (χ1v) is 6.17. The van der Waals surface area contributed by atoms with E-state index in [1.807, 2.05) is 19.2 Å². The molecule has 17 heavy (non-hydrogen) atoms. The number of benzene rings is 1. The van der Waals surface area contributed by atoms with Crippen molar-refractivity contribution in [1.29, 1.82) is 0 Å². The third-order valence-electron chi connectivity index (χ3n) is 3.26. The molecule has 2 N–H and O–H groups in total. The average Bonchev–Trinajstić information content (AvgIpc) is 2.37. The summed E-state index contributed by atoms with van der Waals surface area (Å²) in [6.07, 6.45) is 1.05. The fourth-order valence-corrected chi connectivity index (χ4v) is 2.62. The van der Waals surface area contributed by atoms with Crippen LogP contribution in [0.5, 0.6) is 0 Å². The summed E-state index contributed by atoms with van der Waals surface area (Å²) in [5, 5.41) is 8.52. The number of halogens is 1. The summed E-state index contributed by atoms with van der Waals surface area (Å²) in [5.74, 6) is 0.960. The molecule has 2 aromatic rings. The zero-order chi connectivity index (χ0) is 11.8. The highest BCUT2D eigenvalue weighted by Gasteiger charge is 2.17. The molecule has 0 amide bonds. The normalized spacial score (nSPS) is 14.7. The summed E-state index contributed by atoms with van der Waals surface area (Å²) < 4.78 is 0. The smallest absolute Gasteiger partial charge is 0.131 e. The molecule has 1 aliphatic rings. The first-order valence-electron chi connectivity index (χ1n) is 5.79. The van der Waals surface area contributed by atoms with Crippen molar-refractivity contribution in [1.82, 2.24) is 10.3 Å². The van der Waals surface area contributed by atoms with Crippen LogP contribution in [0.15, 0.2) is 18.2 Å². The predicted octanol–water partition coefficient (Wildman–Crippen LogP) is 2.58. The van der Waals surface area contributed by atoms with Gasteiger partial charge in [0.2, 0.25) is 0 Å². The maximum atomic E-state index is 6.02. The van der Waals surface area contributed by atoms with E-state index in [0.29, 0.717) is 0 Å². The van der Waals surface area contributed by atoms with Crippen LogP contribution in [-0.4, -0.2) is 18.6 Å². The SMILES string of the molecule is CNc1nc2cc(Cl)ccc2c2c1CNCC2. The standard InChI is InChI=1S/C13H14ClN3/c1-15-13-11-7-16-5-4-9(11)10-3-2-8(14)6-12(10)17-13/h2-3,6,16H,4-5,7H2,1H3,(H,15,17). The van der Waals surface area contributed by atoms with E-state index in [1.54, 1.807) is 0 Å². The van der Waals surface area contributed by atoms with E-state index in [9.17, 15) is 0 Å². The van der Waals surface area contributed by atoms with Gasteiger partial charge in [0.1, 0.15) is 5.82 Å². The van der Waals surface area contributed by atoms with Crippen LogP contribution in [0.4, 0.5) is 5.82 Å². The van der Waals surface area contributed by atoms with E-state index in [1.165, 1.54) is 16.5 Å². The van der Waals surface area contributed by atoms with Crippen LogP contribution in [0.2, 0.25) is 5.02 Å². The molecular formula is C13H14ClN3. The molecule has 3 nitrogen and oxygen atoms in total. The first kappa shape index (κ1) is 10.8. The van der Waals surface area contributed by atoms with Crippen molar-refractivity contribution in [3.63, 3.8) is 0 Å². The number of hydrogen-bond acceptors (Lipinski definition) is 3. The van der Waals surface area contributed by atoms with Gasteiger partial charge in [-0.05, 0) is 30.7 Å². The van der Waals surface area contributed by atoms with Crippen LogP contribution in [0.25, 0.3) is 10.9 Å². The second-order valence-electron chi connectivity index (χ2n) is 4.26. The van der Waals surface area contributed by atoms with E-state index < -0.39 is 0 Å². The quantitative estimate of drug-likeness (QED) is 0.813. The fourth-order valence-electron chi connectivity index (χ4n) is 2.46. The zero-order valence-corrected chi connectivity index (χ0v) is 10.4. The molecule has 0 radical (unpaired) electrons. The van der Waals surface area contributed by atoms with Gasteiger partial charge in [-0.2, -0.15) is 0 Å². The lowest BCUT2D eigenvalue weighted by Gasteiger charge is -2.21. The van der Waals surface area contributed by atoms with Crippen LogP contribution in [0.3, 0.4) is 0 Å². The molecule has 0 aliphatic carbocycles. The number of nitrogens with one attached hydrogen (secondary N) is 2. The molecule has 0 unspecified atom stereocenters. The van der Waals surface area contributed by atoms with Gasteiger partial charge in [0, 0.05) is 29.6 Å². The number of pyridine rings is 1. The Bertz CT molecular complexity index is 580. The molecule has 1 aliphatic heterocycles. The molecule has 0 atom stereocenters. The molecule has 0 spiro atoms. The van der Waals surface area contributed by atoms with E-state index in [-0.39, 0.29) is 0 Å². The average molecular weight is 248 g/mol. The summed E-state index contributed by atoms with van der Waals surface area (Å²) in [6, 6.07) is 5.95. The van der Waals surface area contributed by atoms with Crippen LogP contribution < -0.4 is 10.6 Å². The Balaban J connectivity index is 2.35. The molecule has 88 valence electrons. The maximum Gasteiger partial charge on any atom is 0.131 e. The van der Waals surface area contributed by atoms with Crippen molar-refractivity contribution in [2.24, 2.45) is 0 Å². The summed E-state index contributed by atoms with van der Waals surface area (Å²) in [4.78, 5) is 4.63. The zero-order valence-electron chi connectivity index (χ0n) is 9.68. The molecule has 2 heterocycles. The summed E-state index contributed by atoms with van der Waals surface area (Å²) in [7, 11) is 1.91. The number of anilines is 1. The Morgan fingerprint density at radius 3 is 3.06 bits per heavy atom. The molecule has 0 bridgehead atoms. The van der Waals surface area contributed by atoms with Gasteiger partial charge in [-0.3, -0.25) is 0 Å². The van der Waals surface area contributed by atoms with Crippen LogP contribution in [0, 0.1) is 0 Å². The molecule has 3 rings (SSSR count). The van der Waals surface area contributed by atoms with E-state index in [2.05, 4.69) is 21.7 Å². The highest BCUT2D eigenvalue weighted by atomic mass is 35.5. The number of nitrogens with zero attached hydrogens (tertiary/aromatic N) is 1. The molecule has 1 aromatic heterocycles. The second-order valence-corrected chi connectivity index (χ2v) is 4.69. The highest BCUT2D eigenvalue weighted by Crippen LogP contribution is 2.30. The van der Waals surface area contributed by atoms with Gasteiger partial charge < -0.3 is 10.6 Å². The largest absolute Gasteiger partial charge is 0.373 e. The molecular weight excluding hydrogens is 234 g/mol. The van der Waals surface area contributed by atoms with Gasteiger partial charge in [-0.15, -0.1) is 0 Å². The Hall–Kier alpha value is -1.32. The third kappa shape index (κ3) is 1.75. The monoisotopic (exact) mass is 247 g/mol. The van der Waals surface area contributed by atoms with Gasteiger partial charge in [0.05, 0.1) is 5.52 Å².